The average molecular weight is 527 g/mol. The molecule has 2 N–H and O–H groups in total. The zero-order chi connectivity index (χ0) is 19.2. The van der Waals surface area contributed by atoms with E-state index >= 15 is 0 Å². The third-order valence-electron chi connectivity index (χ3n) is 3.62. The molecule has 0 heterocycles. The van der Waals surface area contributed by atoms with Gasteiger partial charge >= 0.3 is 0 Å². The van der Waals surface area contributed by atoms with E-state index in [9.17, 15) is 0 Å². The number of halogens is 2. The van der Waals surface area contributed by atoms with Gasteiger partial charge in [-0.1, -0.05) is 47.8 Å². The molecule has 0 amide bonds. The molecule has 0 unspecified atom stereocenters. The number of hydrogen-bond donors (Lipinski definition) is 1. The van der Waals surface area contributed by atoms with Crippen molar-refractivity contribution in [3.8, 4) is 11.5 Å². The first-order chi connectivity index (χ1) is 13.1. The number of ether oxygens (including phenoxy) is 2. The first-order valence-corrected chi connectivity index (χ1v) is 11.4. The second kappa shape index (κ2) is 9.78. The van der Waals surface area contributed by atoms with Crippen LogP contribution in [0.2, 0.25) is 0 Å². The first-order valence-electron chi connectivity index (χ1n) is 7.98. The molecule has 0 atom stereocenters. The second-order valence-electron chi connectivity index (χ2n) is 5.41. The lowest BCUT2D eigenvalue weighted by Crippen LogP contribution is -1.99. The van der Waals surface area contributed by atoms with Gasteiger partial charge in [0.25, 0.3) is 0 Å². The van der Waals surface area contributed by atoms with Crippen LogP contribution in [-0.2, 0) is 0 Å². The van der Waals surface area contributed by atoms with E-state index < -0.39 is 0 Å². The van der Waals surface area contributed by atoms with Crippen molar-refractivity contribution in [1.29, 1.82) is 0 Å². The third-order valence-corrected chi connectivity index (χ3v) is 7.58. The van der Waals surface area contributed by atoms with E-state index in [0.717, 1.165) is 23.6 Å². The summed E-state index contributed by atoms with van der Waals surface area (Å²) in [5.74, 6) is 1.74. The molecule has 3 aromatic rings. The average Bonchev–Trinajstić information content (AvgIpc) is 2.67. The van der Waals surface area contributed by atoms with Crippen LogP contribution in [0.4, 0.5) is 5.69 Å². The summed E-state index contributed by atoms with van der Waals surface area (Å²) in [7, 11) is 1.63. The van der Waals surface area contributed by atoms with Crippen molar-refractivity contribution in [3.63, 3.8) is 0 Å². The number of benzene rings is 3. The molecular weight excluding hydrogens is 510 g/mol. The quantitative estimate of drug-likeness (QED) is 0.202. The van der Waals surface area contributed by atoms with Gasteiger partial charge in [-0.05, 0) is 62.2 Å². The largest absolute Gasteiger partial charge is 0.493 e. The van der Waals surface area contributed by atoms with Gasteiger partial charge < -0.3 is 15.2 Å². The molecule has 3 nitrogen and oxygen atoms in total. The lowest BCUT2D eigenvalue weighted by atomic mass is 10.3. The number of anilines is 1. The summed E-state index contributed by atoms with van der Waals surface area (Å²) < 4.78 is 13.5. The Labute approximate surface area is 184 Å². The smallest absolute Gasteiger partial charge is 0.164 e. The van der Waals surface area contributed by atoms with E-state index in [2.05, 4.69) is 31.9 Å². The zero-order valence-corrected chi connectivity index (χ0v) is 19.3. The molecular formula is C20H17Br2NO2S2. The molecule has 0 fully saturated rings. The van der Waals surface area contributed by atoms with Crippen molar-refractivity contribution < 1.29 is 9.47 Å². The summed E-state index contributed by atoms with van der Waals surface area (Å²) in [6, 6.07) is 19.8. The topological polar surface area (TPSA) is 44.5 Å². The molecule has 0 aromatic heterocycles. The maximum Gasteiger partial charge on any atom is 0.164 e. The highest BCUT2D eigenvalue weighted by Gasteiger charge is 2.13. The van der Waals surface area contributed by atoms with Crippen molar-refractivity contribution in [2.75, 3.05) is 18.8 Å². The fourth-order valence-electron chi connectivity index (χ4n) is 2.28. The van der Waals surface area contributed by atoms with Gasteiger partial charge in [0.05, 0.1) is 7.11 Å². The van der Waals surface area contributed by atoms with Crippen molar-refractivity contribution in [2.24, 2.45) is 0 Å². The van der Waals surface area contributed by atoms with Crippen molar-refractivity contribution in [2.45, 2.75) is 14.7 Å². The van der Waals surface area contributed by atoms with Crippen LogP contribution in [0.1, 0.15) is 0 Å². The Bertz CT molecular complexity index is 938. The fourth-order valence-corrected chi connectivity index (χ4v) is 5.02. The minimum absolute atomic E-state index is 0.454. The Morgan fingerprint density at radius 2 is 1.48 bits per heavy atom. The van der Waals surface area contributed by atoms with E-state index in [1.807, 2.05) is 60.7 Å². The second-order valence-corrected chi connectivity index (χ2v) is 9.17. The molecule has 3 rings (SSSR count). The van der Waals surface area contributed by atoms with Crippen molar-refractivity contribution in [1.82, 2.24) is 0 Å². The van der Waals surface area contributed by atoms with E-state index in [1.165, 1.54) is 0 Å². The summed E-state index contributed by atoms with van der Waals surface area (Å²) >= 11 is 10.3. The maximum atomic E-state index is 6.26. The normalized spacial score (nSPS) is 10.6. The monoisotopic (exact) mass is 525 g/mol. The Morgan fingerprint density at radius 1 is 0.852 bits per heavy atom. The molecule has 3 aromatic carbocycles. The summed E-state index contributed by atoms with van der Waals surface area (Å²) in [6.07, 6.45) is 0. The van der Waals surface area contributed by atoms with Gasteiger partial charge in [-0.25, -0.2) is 0 Å². The molecule has 0 spiro atoms. The van der Waals surface area contributed by atoms with Crippen molar-refractivity contribution in [3.05, 3.63) is 69.6 Å². The predicted octanol–water partition coefficient (Wildman–Crippen LogP) is 7.08. The van der Waals surface area contributed by atoms with Crippen LogP contribution in [0.25, 0.3) is 0 Å². The highest BCUT2D eigenvalue weighted by Crippen LogP contribution is 2.42. The van der Waals surface area contributed by atoms with Crippen LogP contribution in [-0.4, -0.2) is 13.0 Å². The van der Waals surface area contributed by atoms with Gasteiger partial charge in [-0.2, -0.15) is 0 Å². The van der Waals surface area contributed by atoms with Crippen LogP contribution in [0, 0.1) is 0 Å². The zero-order valence-electron chi connectivity index (χ0n) is 14.4. The van der Waals surface area contributed by atoms with Crippen LogP contribution in [0.5, 0.6) is 11.5 Å². The Hall–Kier alpha value is -1.28. The molecule has 140 valence electrons. The first kappa shape index (κ1) is 20.5. The molecule has 0 saturated carbocycles. The van der Waals surface area contributed by atoms with Gasteiger partial charge in [-0.3, -0.25) is 0 Å². The summed E-state index contributed by atoms with van der Waals surface area (Å²) in [4.78, 5) is 3.12. The van der Waals surface area contributed by atoms with Gasteiger partial charge in [0.2, 0.25) is 0 Å². The van der Waals surface area contributed by atoms with Crippen LogP contribution < -0.4 is 15.2 Å². The SMILES string of the molecule is COc1cc(Sc2ccccc2Br)c(N)cc1OCSc1ccccc1Br. The molecule has 27 heavy (non-hydrogen) atoms. The van der Waals surface area contributed by atoms with E-state index in [1.54, 1.807) is 30.6 Å². The standard InChI is InChI=1S/C20H17Br2NO2S2/c1-24-16-11-20(27-19-9-5-3-7-14(19)22)15(23)10-17(16)25-12-26-18-8-4-2-6-13(18)21/h2-11H,12,23H2,1H3. The number of thioether (sulfide) groups is 1. The highest BCUT2D eigenvalue weighted by atomic mass is 79.9. The number of rotatable bonds is 7. The summed E-state index contributed by atoms with van der Waals surface area (Å²) in [6.45, 7) is 0. The highest BCUT2D eigenvalue weighted by molar-refractivity contribution is 9.10. The van der Waals surface area contributed by atoms with Gasteiger partial charge in [0.1, 0.15) is 5.94 Å². The maximum absolute atomic E-state index is 6.26. The lowest BCUT2D eigenvalue weighted by Gasteiger charge is -2.14. The summed E-state index contributed by atoms with van der Waals surface area (Å²) in [5, 5.41) is 0. The summed E-state index contributed by atoms with van der Waals surface area (Å²) in [5.41, 5.74) is 6.91. The number of nitrogen functional groups attached to an aromatic ring is 1. The molecule has 0 aliphatic carbocycles. The molecule has 0 radical (unpaired) electrons. The van der Waals surface area contributed by atoms with Crippen LogP contribution in [0.3, 0.4) is 0 Å². The van der Waals surface area contributed by atoms with Gasteiger partial charge in [-0.15, -0.1) is 0 Å². The Morgan fingerprint density at radius 3 is 2.11 bits per heavy atom. The number of hydrogen-bond acceptors (Lipinski definition) is 5. The Kier molecular flexibility index (Phi) is 7.41. The van der Waals surface area contributed by atoms with Crippen LogP contribution in [0.15, 0.2) is 84.3 Å². The molecule has 0 bridgehead atoms. The van der Waals surface area contributed by atoms with E-state index in [4.69, 9.17) is 15.2 Å². The van der Waals surface area contributed by atoms with Crippen molar-refractivity contribution >= 4 is 61.1 Å². The predicted molar refractivity (Wildman–Crippen MR) is 121 cm³/mol. The molecule has 0 aliphatic heterocycles. The number of nitrogens with two attached hydrogens (primary N) is 1. The lowest BCUT2D eigenvalue weighted by molar-refractivity contribution is 0.343. The van der Waals surface area contributed by atoms with Gasteiger partial charge in [0.15, 0.2) is 11.5 Å². The van der Waals surface area contributed by atoms with E-state index in [0.29, 0.717) is 23.1 Å². The minimum Gasteiger partial charge on any atom is -0.493 e. The number of methoxy groups -OCH3 is 1. The molecule has 0 saturated heterocycles. The van der Waals surface area contributed by atoms with E-state index in [-0.39, 0.29) is 0 Å². The molecule has 0 aliphatic rings. The fraction of sp³-hybridized carbons (Fsp3) is 0.100. The third kappa shape index (κ3) is 5.38. The van der Waals surface area contributed by atoms with Gasteiger partial charge in [0, 0.05) is 35.4 Å². The Balaban J connectivity index is 1.74. The van der Waals surface area contributed by atoms with Crippen LogP contribution >= 0.6 is 55.4 Å². The molecule has 7 heteroatoms. The minimum atomic E-state index is 0.454.